The monoisotopic (exact) mass is 258 g/mol. The number of nitrogens with zero attached hydrogens (tertiary/aromatic N) is 3. The van der Waals surface area contributed by atoms with E-state index in [9.17, 15) is 0 Å². The fraction of sp³-hybridized carbons (Fsp3) is 0.429. The van der Waals surface area contributed by atoms with E-state index in [4.69, 9.17) is 10.3 Å². The van der Waals surface area contributed by atoms with Gasteiger partial charge in [0.1, 0.15) is 0 Å². The van der Waals surface area contributed by atoms with Gasteiger partial charge in [-0.1, -0.05) is 23.4 Å². The van der Waals surface area contributed by atoms with Crippen molar-refractivity contribution in [1.29, 1.82) is 0 Å². The van der Waals surface area contributed by atoms with Crippen molar-refractivity contribution >= 4 is 5.69 Å². The van der Waals surface area contributed by atoms with Crippen LogP contribution in [-0.2, 0) is 18.5 Å². The summed E-state index contributed by atoms with van der Waals surface area (Å²) in [5, 5.41) is 3.95. The molecule has 0 saturated carbocycles. The molecule has 0 bridgehead atoms. The number of nitrogens with two attached hydrogens (primary N) is 1. The van der Waals surface area contributed by atoms with E-state index < -0.39 is 5.54 Å². The van der Waals surface area contributed by atoms with Gasteiger partial charge in [0.15, 0.2) is 5.82 Å². The van der Waals surface area contributed by atoms with Crippen molar-refractivity contribution in [3.8, 4) is 0 Å². The largest absolute Gasteiger partial charge is 0.362 e. The lowest BCUT2D eigenvalue weighted by atomic mass is 10.1. The van der Waals surface area contributed by atoms with Gasteiger partial charge < -0.3 is 15.2 Å². The van der Waals surface area contributed by atoms with Gasteiger partial charge in [0, 0.05) is 12.2 Å². The molecule has 2 N–H and O–H groups in total. The maximum Gasteiger partial charge on any atom is 0.246 e. The third kappa shape index (κ3) is 2.33. The first-order valence-corrected chi connectivity index (χ1v) is 6.49. The van der Waals surface area contributed by atoms with Crippen LogP contribution in [0.4, 0.5) is 5.69 Å². The summed E-state index contributed by atoms with van der Waals surface area (Å²) in [5.41, 5.74) is 8.03. The highest BCUT2D eigenvalue weighted by Gasteiger charge is 2.24. The van der Waals surface area contributed by atoms with Crippen molar-refractivity contribution in [1.82, 2.24) is 10.1 Å². The molecule has 1 aromatic carbocycles. The van der Waals surface area contributed by atoms with Crippen LogP contribution in [0, 0.1) is 0 Å². The summed E-state index contributed by atoms with van der Waals surface area (Å²) in [7, 11) is 0. The Kier molecular flexibility index (Phi) is 2.78. The fourth-order valence-electron chi connectivity index (χ4n) is 2.31. The predicted octanol–water partition coefficient (Wildman–Crippen LogP) is 1.83. The molecule has 2 heterocycles. The molecular formula is C14H18N4O. The van der Waals surface area contributed by atoms with E-state index in [-0.39, 0.29) is 0 Å². The molecule has 0 spiro atoms. The van der Waals surface area contributed by atoms with Crippen LogP contribution < -0.4 is 10.6 Å². The molecule has 0 atom stereocenters. The summed E-state index contributed by atoms with van der Waals surface area (Å²) in [6.07, 6.45) is 1.07. The van der Waals surface area contributed by atoms with Crippen molar-refractivity contribution in [3.05, 3.63) is 41.5 Å². The summed E-state index contributed by atoms with van der Waals surface area (Å²) in [6, 6.07) is 8.42. The molecule has 0 aliphatic carbocycles. The predicted molar refractivity (Wildman–Crippen MR) is 72.7 cm³/mol. The number of para-hydroxylation sites is 1. The second-order valence-electron chi connectivity index (χ2n) is 5.53. The minimum Gasteiger partial charge on any atom is -0.362 e. The molecule has 2 aromatic rings. The van der Waals surface area contributed by atoms with E-state index in [1.807, 2.05) is 13.8 Å². The highest BCUT2D eigenvalue weighted by Crippen LogP contribution is 2.28. The first-order chi connectivity index (χ1) is 9.04. The molecule has 0 radical (unpaired) electrons. The second kappa shape index (κ2) is 4.35. The molecule has 5 heteroatoms. The number of anilines is 1. The van der Waals surface area contributed by atoms with Crippen molar-refractivity contribution in [2.45, 2.75) is 32.4 Å². The van der Waals surface area contributed by atoms with Crippen LogP contribution in [0.15, 0.2) is 28.8 Å². The zero-order valence-electron chi connectivity index (χ0n) is 11.3. The Morgan fingerprint density at radius 2 is 2.16 bits per heavy atom. The number of rotatable bonds is 3. The molecule has 3 rings (SSSR count). The van der Waals surface area contributed by atoms with Gasteiger partial charge >= 0.3 is 0 Å². The minimum atomic E-state index is -0.565. The second-order valence-corrected chi connectivity index (χ2v) is 5.53. The van der Waals surface area contributed by atoms with Crippen LogP contribution in [0.3, 0.4) is 0 Å². The van der Waals surface area contributed by atoms with Crippen molar-refractivity contribution in [3.63, 3.8) is 0 Å². The topological polar surface area (TPSA) is 68.2 Å². The SMILES string of the molecule is CC(C)(N)c1noc(CN2CCc3ccccc32)n1. The van der Waals surface area contributed by atoms with Crippen molar-refractivity contribution < 1.29 is 4.52 Å². The molecule has 1 aromatic heterocycles. The summed E-state index contributed by atoms with van der Waals surface area (Å²) in [5.74, 6) is 1.17. The van der Waals surface area contributed by atoms with E-state index in [2.05, 4.69) is 39.3 Å². The molecule has 5 nitrogen and oxygen atoms in total. The zero-order chi connectivity index (χ0) is 13.5. The lowest BCUT2D eigenvalue weighted by Crippen LogP contribution is -2.30. The summed E-state index contributed by atoms with van der Waals surface area (Å²) >= 11 is 0. The van der Waals surface area contributed by atoms with Gasteiger partial charge in [-0.3, -0.25) is 0 Å². The van der Waals surface area contributed by atoms with Crippen LogP contribution in [0.25, 0.3) is 0 Å². The van der Waals surface area contributed by atoms with Gasteiger partial charge in [-0.05, 0) is 31.9 Å². The number of hydrogen-bond acceptors (Lipinski definition) is 5. The van der Waals surface area contributed by atoms with Crippen LogP contribution in [-0.4, -0.2) is 16.7 Å². The smallest absolute Gasteiger partial charge is 0.246 e. The zero-order valence-corrected chi connectivity index (χ0v) is 11.3. The minimum absolute atomic E-state index is 0.551. The normalized spacial score (nSPS) is 14.8. The molecule has 100 valence electrons. The molecule has 0 amide bonds. The third-order valence-corrected chi connectivity index (χ3v) is 3.35. The summed E-state index contributed by atoms with van der Waals surface area (Å²) < 4.78 is 5.29. The van der Waals surface area contributed by atoms with Gasteiger partial charge in [-0.25, -0.2) is 0 Å². The highest BCUT2D eigenvalue weighted by molar-refractivity contribution is 5.57. The van der Waals surface area contributed by atoms with E-state index in [1.54, 1.807) is 0 Å². The average molecular weight is 258 g/mol. The van der Waals surface area contributed by atoms with Crippen molar-refractivity contribution in [2.75, 3.05) is 11.4 Å². The Balaban J connectivity index is 1.78. The van der Waals surface area contributed by atoms with E-state index in [0.717, 1.165) is 13.0 Å². The van der Waals surface area contributed by atoms with Gasteiger partial charge in [-0.15, -0.1) is 0 Å². The van der Waals surface area contributed by atoms with E-state index in [0.29, 0.717) is 18.3 Å². The summed E-state index contributed by atoms with van der Waals surface area (Å²) in [4.78, 5) is 6.63. The van der Waals surface area contributed by atoms with E-state index >= 15 is 0 Å². The van der Waals surface area contributed by atoms with Gasteiger partial charge in [0.05, 0.1) is 12.1 Å². The van der Waals surface area contributed by atoms with Gasteiger partial charge in [-0.2, -0.15) is 4.98 Å². The van der Waals surface area contributed by atoms with Crippen LogP contribution in [0.5, 0.6) is 0 Å². The standard InChI is InChI=1S/C14H18N4O/c1-14(2,15)13-16-12(19-17-13)9-18-8-7-10-5-3-4-6-11(10)18/h3-6H,7-9,15H2,1-2H3. The Morgan fingerprint density at radius 3 is 2.89 bits per heavy atom. The number of fused-ring (bicyclic) bond motifs is 1. The van der Waals surface area contributed by atoms with Gasteiger partial charge in [0.25, 0.3) is 0 Å². The maximum absolute atomic E-state index is 5.96. The fourth-order valence-corrected chi connectivity index (χ4v) is 2.31. The molecule has 0 unspecified atom stereocenters. The Bertz CT molecular complexity index is 585. The Labute approximate surface area is 112 Å². The summed E-state index contributed by atoms with van der Waals surface area (Å²) in [6.45, 7) is 5.36. The molecule has 1 aliphatic rings. The molecule has 0 fully saturated rings. The lowest BCUT2D eigenvalue weighted by molar-refractivity contribution is 0.359. The quantitative estimate of drug-likeness (QED) is 0.909. The van der Waals surface area contributed by atoms with Crippen LogP contribution in [0.2, 0.25) is 0 Å². The number of benzene rings is 1. The number of aromatic nitrogens is 2. The Morgan fingerprint density at radius 1 is 1.37 bits per heavy atom. The lowest BCUT2D eigenvalue weighted by Gasteiger charge is -2.16. The van der Waals surface area contributed by atoms with E-state index in [1.165, 1.54) is 11.3 Å². The molecule has 19 heavy (non-hydrogen) atoms. The molecular weight excluding hydrogens is 240 g/mol. The number of hydrogen-bond donors (Lipinski definition) is 1. The Hall–Kier alpha value is -1.88. The first kappa shape index (κ1) is 12.2. The van der Waals surface area contributed by atoms with Crippen molar-refractivity contribution in [2.24, 2.45) is 5.73 Å². The van der Waals surface area contributed by atoms with Crippen LogP contribution >= 0.6 is 0 Å². The third-order valence-electron chi connectivity index (χ3n) is 3.35. The van der Waals surface area contributed by atoms with Crippen LogP contribution in [0.1, 0.15) is 31.1 Å². The molecule has 0 saturated heterocycles. The molecule has 1 aliphatic heterocycles. The average Bonchev–Trinajstić information content (AvgIpc) is 2.97. The highest BCUT2D eigenvalue weighted by atomic mass is 16.5. The van der Waals surface area contributed by atoms with Gasteiger partial charge in [0.2, 0.25) is 5.89 Å². The first-order valence-electron chi connectivity index (χ1n) is 6.49. The maximum atomic E-state index is 5.96.